The van der Waals surface area contributed by atoms with E-state index in [0.29, 0.717) is 9.90 Å². The maximum Gasteiger partial charge on any atom is 0.263 e. The van der Waals surface area contributed by atoms with E-state index in [9.17, 15) is 4.79 Å². The second-order valence-electron chi connectivity index (χ2n) is 7.82. The van der Waals surface area contributed by atoms with Crippen molar-refractivity contribution in [3.63, 3.8) is 0 Å². The number of aromatic nitrogens is 1. The largest absolute Gasteiger partial charge is 0.497 e. The van der Waals surface area contributed by atoms with Crippen LogP contribution in [0.4, 0.5) is 0 Å². The first-order valence-electron chi connectivity index (χ1n) is 10.4. The number of likely N-dealkylation sites (tertiary alicyclic amines) is 1. The number of nitrogens with one attached hydrogen (secondary N) is 1. The molecule has 162 valence electrons. The SMILES string of the molecule is COc1cccc(CN2CCC(NC(=O)c3sc(-c4cccc(Cl)c4)nc3C)CC2)c1. The summed E-state index contributed by atoms with van der Waals surface area (Å²) in [5.41, 5.74) is 2.94. The monoisotopic (exact) mass is 455 g/mol. The number of piperidine rings is 1. The third kappa shape index (κ3) is 5.45. The highest BCUT2D eigenvalue weighted by molar-refractivity contribution is 7.17. The number of benzene rings is 2. The third-order valence-corrected chi connectivity index (χ3v) is 6.98. The van der Waals surface area contributed by atoms with Gasteiger partial charge in [0.25, 0.3) is 5.91 Å². The molecule has 2 heterocycles. The number of halogens is 1. The topological polar surface area (TPSA) is 54.5 Å². The van der Waals surface area contributed by atoms with Crippen LogP contribution in [0.3, 0.4) is 0 Å². The first-order valence-corrected chi connectivity index (χ1v) is 11.6. The van der Waals surface area contributed by atoms with Crippen molar-refractivity contribution in [3.05, 3.63) is 69.7 Å². The number of ether oxygens (including phenoxy) is 1. The molecule has 1 N–H and O–H groups in total. The van der Waals surface area contributed by atoms with Gasteiger partial charge >= 0.3 is 0 Å². The molecule has 4 rings (SSSR count). The van der Waals surface area contributed by atoms with Gasteiger partial charge in [0.05, 0.1) is 12.8 Å². The fraction of sp³-hybridized carbons (Fsp3) is 0.333. The Hall–Kier alpha value is -2.41. The van der Waals surface area contributed by atoms with Gasteiger partial charge < -0.3 is 10.1 Å². The van der Waals surface area contributed by atoms with E-state index in [1.807, 2.05) is 43.3 Å². The molecule has 1 aliphatic rings. The average molecular weight is 456 g/mol. The number of aryl methyl sites for hydroxylation is 1. The Bertz CT molecular complexity index is 1060. The summed E-state index contributed by atoms with van der Waals surface area (Å²) in [6.07, 6.45) is 1.88. The van der Waals surface area contributed by atoms with E-state index in [4.69, 9.17) is 16.3 Å². The Morgan fingerprint density at radius 2 is 2.00 bits per heavy atom. The Balaban J connectivity index is 1.33. The molecule has 0 spiro atoms. The highest BCUT2D eigenvalue weighted by atomic mass is 35.5. The van der Waals surface area contributed by atoms with Crippen LogP contribution in [0.5, 0.6) is 5.75 Å². The molecule has 3 aromatic rings. The molecule has 1 amide bonds. The van der Waals surface area contributed by atoms with Gasteiger partial charge in [0.15, 0.2) is 0 Å². The minimum Gasteiger partial charge on any atom is -0.497 e. The molecule has 2 aromatic carbocycles. The lowest BCUT2D eigenvalue weighted by Crippen LogP contribution is -2.44. The lowest BCUT2D eigenvalue weighted by molar-refractivity contribution is 0.0912. The van der Waals surface area contributed by atoms with Crippen molar-refractivity contribution in [3.8, 4) is 16.3 Å². The summed E-state index contributed by atoms with van der Waals surface area (Å²) < 4.78 is 5.32. The zero-order valence-corrected chi connectivity index (χ0v) is 19.3. The van der Waals surface area contributed by atoms with Crippen molar-refractivity contribution in [1.29, 1.82) is 0 Å². The fourth-order valence-corrected chi connectivity index (χ4v) is 5.02. The van der Waals surface area contributed by atoms with Gasteiger partial charge in [-0.1, -0.05) is 35.9 Å². The normalized spacial score (nSPS) is 15.1. The Kier molecular flexibility index (Phi) is 6.90. The van der Waals surface area contributed by atoms with Crippen LogP contribution < -0.4 is 10.1 Å². The highest BCUT2D eigenvalue weighted by Gasteiger charge is 2.23. The van der Waals surface area contributed by atoms with Gasteiger partial charge in [-0.3, -0.25) is 9.69 Å². The average Bonchev–Trinajstić information content (AvgIpc) is 3.17. The summed E-state index contributed by atoms with van der Waals surface area (Å²) in [5, 5.41) is 4.70. The van der Waals surface area contributed by atoms with Gasteiger partial charge in [0, 0.05) is 36.3 Å². The third-order valence-electron chi connectivity index (χ3n) is 5.54. The summed E-state index contributed by atoms with van der Waals surface area (Å²) in [4.78, 5) is 20.6. The van der Waals surface area contributed by atoms with Gasteiger partial charge in [-0.25, -0.2) is 4.98 Å². The van der Waals surface area contributed by atoms with Crippen LogP contribution in [-0.2, 0) is 6.54 Å². The number of carbonyl (C=O) groups is 1. The molecule has 1 aliphatic heterocycles. The van der Waals surface area contributed by atoms with Crippen molar-refractivity contribution in [2.45, 2.75) is 32.4 Å². The number of nitrogens with zero attached hydrogens (tertiary/aromatic N) is 2. The smallest absolute Gasteiger partial charge is 0.263 e. The summed E-state index contributed by atoms with van der Waals surface area (Å²) >= 11 is 7.52. The van der Waals surface area contributed by atoms with Crippen LogP contribution >= 0.6 is 22.9 Å². The van der Waals surface area contributed by atoms with Crippen LogP contribution in [0.2, 0.25) is 5.02 Å². The number of rotatable bonds is 6. The molecule has 0 unspecified atom stereocenters. The van der Waals surface area contributed by atoms with E-state index >= 15 is 0 Å². The molecule has 5 nitrogen and oxygen atoms in total. The summed E-state index contributed by atoms with van der Waals surface area (Å²) in [6.45, 7) is 4.69. The molecular formula is C24H26ClN3O2S. The van der Waals surface area contributed by atoms with Crippen molar-refractivity contribution in [2.75, 3.05) is 20.2 Å². The Morgan fingerprint density at radius 3 is 2.74 bits per heavy atom. The summed E-state index contributed by atoms with van der Waals surface area (Å²) in [5.74, 6) is 0.853. The quantitative estimate of drug-likeness (QED) is 0.556. The van der Waals surface area contributed by atoms with Gasteiger partial charge in [-0.2, -0.15) is 0 Å². The van der Waals surface area contributed by atoms with Crippen molar-refractivity contribution < 1.29 is 9.53 Å². The number of thiazole rings is 1. The van der Waals surface area contributed by atoms with Crippen LogP contribution in [-0.4, -0.2) is 42.0 Å². The van der Waals surface area contributed by atoms with Crippen LogP contribution in [0.25, 0.3) is 10.6 Å². The van der Waals surface area contributed by atoms with Gasteiger partial charge in [-0.15, -0.1) is 11.3 Å². The van der Waals surface area contributed by atoms with E-state index in [0.717, 1.165) is 54.5 Å². The molecule has 7 heteroatoms. The minimum atomic E-state index is -0.0328. The van der Waals surface area contributed by atoms with Gasteiger partial charge in [-0.05, 0) is 49.6 Å². The summed E-state index contributed by atoms with van der Waals surface area (Å²) in [7, 11) is 1.69. The van der Waals surface area contributed by atoms with Crippen LogP contribution in [0.15, 0.2) is 48.5 Å². The lowest BCUT2D eigenvalue weighted by atomic mass is 10.0. The van der Waals surface area contributed by atoms with Gasteiger partial charge in [0.1, 0.15) is 15.6 Å². The Morgan fingerprint density at radius 1 is 1.23 bits per heavy atom. The van der Waals surface area contributed by atoms with E-state index in [2.05, 4.69) is 27.3 Å². The number of hydrogen-bond donors (Lipinski definition) is 1. The molecule has 1 fully saturated rings. The number of amides is 1. The Labute approximate surface area is 192 Å². The van der Waals surface area contributed by atoms with Gasteiger partial charge in [0.2, 0.25) is 0 Å². The molecule has 31 heavy (non-hydrogen) atoms. The van der Waals surface area contributed by atoms with E-state index in [1.165, 1.54) is 16.9 Å². The molecule has 0 bridgehead atoms. The maximum atomic E-state index is 12.9. The van der Waals surface area contributed by atoms with E-state index in [-0.39, 0.29) is 11.9 Å². The van der Waals surface area contributed by atoms with Crippen LogP contribution in [0.1, 0.15) is 33.8 Å². The standard InChI is InChI=1S/C24H26ClN3O2S/c1-16-22(31-24(26-16)18-6-4-7-19(25)14-18)23(29)27-20-9-11-28(12-10-20)15-17-5-3-8-21(13-17)30-2/h3-8,13-14,20H,9-12,15H2,1-2H3,(H,27,29). The molecule has 1 aromatic heterocycles. The van der Waals surface area contributed by atoms with E-state index in [1.54, 1.807) is 7.11 Å². The molecular weight excluding hydrogens is 430 g/mol. The zero-order valence-electron chi connectivity index (χ0n) is 17.7. The predicted molar refractivity (Wildman–Crippen MR) is 126 cm³/mol. The number of methoxy groups -OCH3 is 1. The van der Waals surface area contributed by atoms with Crippen molar-refractivity contribution in [2.24, 2.45) is 0 Å². The zero-order chi connectivity index (χ0) is 21.8. The maximum absolute atomic E-state index is 12.9. The second kappa shape index (κ2) is 9.81. The highest BCUT2D eigenvalue weighted by Crippen LogP contribution is 2.29. The number of carbonyl (C=O) groups excluding carboxylic acids is 1. The predicted octanol–water partition coefficient (Wildman–Crippen LogP) is 5.17. The van der Waals surface area contributed by atoms with Crippen molar-refractivity contribution in [1.82, 2.24) is 15.2 Å². The van der Waals surface area contributed by atoms with E-state index < -0.39 is 0 Å². The lowest BCUT2D eigenvalue weighted by Gasteiger charge is -2.32. The van der Waals surface area contributed by atoms with Crippen LogP contribution in [0, 0.1) is 6.92 Å². The second-order valence-corrected chi connectivity index (χ2v) is 9.25. The molecule has 0 aliphatic carbocycles. The summed E-state index contributed by atoms with van der Waals surface area (Å²) in [6, 6.07) is 15.9. The molecule has 0 atom stereocenters. The molecule has 0 saturated carbocycles. The fourth-order valence-electron chi connectivity index (χ4n) is 3.87. The van der Waals surface area contributed by atoms with Crippen molar-refractivity contribution >= 4 is 28.8 Å². The number of hydrogen-bond acceptors (Lipinski definition) is 5. The molecule has 0 radical (unpaired) electrons. The first-order chi connectivity index (χ1) is 15.0. The molecule has 1 saturated heterocycles. The first kappa shape index (κ1) is 21.8. The minimum absolute atomic E-state index is 0.0328.